The third-order valence-electron chi connectivity index (χ3n) is 4.46. The number of hydrogen-bond donors (Lipinski definition) is 2. The molecule has 0 aliphatic carbocycles. The predicted molar refractivity (Wildman–Crippen MR) is 109 cm³/mol. The van der Waals surface area contributed by atoms with Crippen molar-refractivity contribution in [2.24, 2.45) is 5.92 Å². The van der Waals surface area contributed by atoms with Crippen molar-refractivity contribution in [3.63, 3.8) is 0 Å². The standard InChI is InChI=1S/C19H28FN3O5S/c1-5-29(26,27)23-10-8-13(9-11-23)17(24)21-16-12-14(20)6-7-15(16)22-18(25)28-19(2,3)4/h6-7,12-13H,5,8-11H2,1-4H3,(H,21,24)(H,22,25). The van der Waals surface area contributed by atoms with E-state index in [0.717, 1.165) is 12.1 Å². The van der Waals surface area contributed by atoms with Crippen LogP contribution in [0, 0.1) is 11.7 Å². The Hall–Kier alpha value is -2.20. The molecule has 2 amide bonds. The summed E-state index contributed by atoms with van der Waals surface area (Å²) in [6.07, 6.45) is 0.0161. The lowest BCUT2D eigenvalue weighted by Crippen LogP contribution is -2.42. The molecule has 0 saturated carbocycles. The fraction of sp³-hybridized carbons (Fsp3) is 0.579. The Morgan fingerprint density at radius 2 is 1.79 bits per heavy atom. The van der Waals surface area contributed by atoms with E-state index in [1.807, 2.05) is 0 Å². The van der Waals surface area contributed by atoms with Crippen molar-refractivity contribution in [1.29, 1.82) is 0 Å². The van der Waals surface area contributed by atoms with E-state index < -0.39 is 33.5 Å². The maximum atomic E-state index is 13.7. The smallest absolute Gasteiger partial charge is 0.412 e. The van der Waals surface area contributed by atoms with E-state index in [-0.39, 0.29) is 36.1 Å². The van der Waals surface area contributed by atoms with Gasteiger partial charge in [-0.15, -0.1) is 0 Å². The Balaban J connectivity index is 2.05. The van der Waals surface area contributed by atoms with E-state index in [2.05, 4.69) is 10.6 Å². The first-order chi connectivity index (χ1) is 13.4. The Kier molecular flexibility index (Phi) is 7.23. The first-order valence-corrected chi connectivity index (χ1v) is 11.1. The number of halogens is 1. The number of nitrogens with one attached hydrogen (secondary N) is 2. The fourth-order valence-corrected chi connectivity index (χ4v) is 4.09. The van der Waals surface area contributed by atoms with Gasteiger partial charge in [0.1, 0.15) is 11.4 Å². The number of hydrogen-bond acceptors (Lipinski definition) is 5. The first kappa shape index (κ1) is 23.1. The molecule has 0 atom stereocenters. The zero-order chi connectivity index (χ0) is 21.8. The van der Waals surface area contributed by atoms with Gasteiger partial charge in [0.25, 0.3) is 0 Å². The summed E-state index contributed by atoms with van der Waals surface area (Å²) in [5, 5.41) is 5.15. The molecule has 162 valence electrons. The number of sulfonamides is 1. The molecule has 1 heterocycles. The highest BCUT2D eigenvalue weighted by molar-refractivity contribution is 7.89. The largest absolute Gasteiger partial charge is 0.444 e. The monoisotopic (exact) mass is 429 g/mol. The van der Waals surface area contributed by atoms with Crippen LogP contribution in [0.1, 0.15) is 40.5 Å². The fourth-order valence-electron chi connectivity index (χ4n) is 2.96. The SMILES string of the molecule is CCS(=O)(=O)N1CCC(C(=O)Nc2cc(F)ccc2NC(=O)OC(C)(C)C)CC1. The number of rotatable bonds is 5. The molecule has 10 heteroatoms. The molecule has 0 aromatic heterocycles. The van der Waals surface area contributed by atoms with Gasteiger partial charge in [-0.05, 0) is 58.7 Å². The molecule has 0 unspecified atom stereocenters. The number of anilines is 2. The Morgan fingerprint density at radius 1 is 1.17 bits per heavy atom. The van der Waals surface area contributed by atoms with Gasteiger partial charge in [-0.1, -0.05) is 0 Å². The van der Waals surface area contributed by atoms with Crippen molar-refractivity contribution in [3.05, 3.63) is 24.0 Å². The van der Waals surface area contributed by atoms with Gasteiger partial charge >= 0.3 is 6.09 Å². The van der Waals surface area contributed by atoms with E-state index in [4.69, 9.17) is 4.74 Å². The van der Waals surface area contributed by atoms with Crippen LogP contribution < -0.4 is 10.6 Å². The molecule has 0 bridgehead atoms. The summed E-state index contributed by atoms with van der Waals surface area (Å²) in [5.41, 5.74) is -0.384. The van der Waals surface area contributed by atoms with Gasteiger partial charge < -0.3 is 10.1 Å². The van der Waals surface area contributed by atoms with Crippen LogP contribution in [0.15, 0.2) is 18.2 Å². The third kappa shape index (κ3) is 6.67. The zero-order valence-electron chi connectivity index (χ0n) is 17.1. The highest BCUT2D eigenvalue weighted by Crippen LogP contribution is 2.27. The maximum absolute atomic E-state index is 13.7. The molecule has 2 N–H and O–H groups in total. The highest BCUT2D eigenvalue weighted by atomic mass is 32.2. The van der Waals surface area contributed by atoms with E-state index in [9.17, 15) is 22.4 Å². The van der Waals surface area contributed by atoms with Crippen LogP contribution in [0.5, 0.6) is 0 Å². The minimum Gasteiger partial charge on any atom is -0.444 e. The van der Waals surface area contributed by atoms with Crippen LogP contribution in [0.2, 0.25) is 0 Å². The van der Waals surface area contributed by atoms with Gasteiger partial charge in [0.15, 0.2) is 0 Å². The average Bonchev–Trinajstić information content (AvgIpc) is 2.62. The number of ether oxygens (including phenoxy) is 1. The normalized spacial score (nSPS) is 16.3. The number of carbonyl (C=O) groups is 2. The van der Waals surface area contributed by atoms with Gasteiger partial charge in [-0.2, -0.15) is 0 Å². The summed E-state index contributed by atoms with van der Waals surface area (Å²) >= 11 is 0. The van der Waals surface area contributed by atoms with Gasteiger partial charge in [0, 0.05) is 19.0 Å². The van der Waals surface area contributed by atoms with Crippen molar-refractivity contribution in [2.75, 3.05) is 29.5 Å². The second-order valence-electron chi connectivity index (χ2n) is 7.88. The lowest BCUT2D eigenvalue weighted by Gasteiger charge is -2.30. The van der Waals surface area contributed by atoms with Gasteiger partial charge in [-0.3, -0.25) is 10.1 Å². The number of nitrogens with zero attached hydrogens (tertiary/aromatic N) is 1. The Morgan fingerprint density at radius 3 is 2.34 bits per heavy atom. The summed E-state index contributed by atoms with van der Waals surface area (Å²) in [4.78, 5) is 24.6. The van der Waals surface area contributed by atoms with E-state index >= 15 is 0 Å². The third-order valence-corrected chi connectivity index (χ3v) is 6.34. The maximum Gasteiger partial charge on any atom is 0.412 e. The molecule has 1 aliphatic heterocycles. The van der Waals surface area contributed by atoms with Crippen molar-refractivity contribution in [1.82, 2.24) is 4.31 Å². The quantitative estimate of drug-likeness (QED) is 0.748. The molecular formula is C19H28FN3O5S. The summed E-state index contributed by atoms with van der Waals surface area (Å²) < 4.78 is 44.1. The summed E-state index contributed by atoms with van der Waals surface area (Å²) in [6.45, 7) is 7.25. The molecule has 0 spiro atoms. The van der Waals surface area contributed by atoms with Crippen LogP contribution in [-0.2, 0) is 19.6 Å². The van der Waals surface area contributed by atoms with Crippen molar-refractivity contribution in [2.45, 2.75) is 46.1 Å². The minimum atomic E-state index is -3.28. The molecule has 8 nitrogen and oxygen atoms in total. The second kappa shape index (κ2) is 9.08. The summed E-state index contributed by atoms with van der Waals surface area (Å²) in [7, 11) is -3.28. The van der Waals surface area contributed by atoms with Crippen LogP contribution in [0.25, 0.3) is 0 Å². The molecule has 1 aromatic rings. The average molecular weight is 430 g/mol. The number of benzene rings is 1. The number of carbonyl (C=O) groups excluding carboxylic acids is 2. The highest BCUT2D eigenvalue weighted by Gasteiger charge is 2.30. The van der Waals surface area contributed by atoms with Gasteiger partial charge in [0.2, 0.25) is 15.9 Å². The van der Waals surface area contributed by atoms with E-state index in [1.54, 1.807) is 27.7 Å². The van der Waals surface area contributed by atoms with Crippen molar-refractivity contribution >= 4 is 33.4 Å². The van der Waals surface area contributed by atoms with E-state index in [1.165, 1.54) is 10.4 Å². The predicted octanol–water partition coefficient (Wildman–Crippen LogP) is 3.17. The lowest BCUT2D eigenvalue weighted by atomic mass is 9.97. The van der Waals surface area contributed by atoms with Gasteiger partial charge in [0.05, 0.1) is 17.1 Å². The lowest BCUT2D eigenvalue weighted by molar-refractivity contribution is -0.120. The van der Waals surface area contributed by atoms with Crippen LogP contribution in [0.3, 0.4) is 0 Å². The molecule has 1 aliphatic rings. The van der Waals surface area contributed by atoms with Gasteiger partial charge in [-0.25, -0.2) is 21.9 Å². The Labute approximate surface area is 170 Å². The molecule has 2 rings (SSSR count). The molecule has 1 saturated heterocycles. The van der Waals surface area contributed by atoms with E-state index in [0.29, 0.717) is 12.8 Å². The molecular weight excluding hydrogens is 401 g/mol. The number of amides is 2. The molecule has 0 radical (unpaired) electrons. The van der Waals surface area contributed by atoms with Crippen molar-refractivity contribution < 1.29 is 27.1 Å². The van der Waals surface area contributed by atoms with Crippen LogP contribution >= 0.6 is 0 Å². The number of piperidine rings is 1. The summed E-state index contributed by atoms with van der Waals surface area (Å²) in [5.74, 6) is -1.31. The molecule has 1 aromatic carbocycles. The second-order valence-corrected chi connectivity index (χ2v) is 10.1. The molecule has 1 fully saturated rings. The first-order valence-electron chi connectivity index (χ1n) is 9.49. The van der Waals surface area contributed by atoms with Crippen molar-refractivity contribution in [3.8, 4) is 0 Å². The summed E-state index contributed by atoms with van der Waals surface area (Å²) in [6, 6.07) is 3.61. The van der Waals surface area contributed by atoms with Crippen LogP contribution in [0.4, 0.5) is 20.6 Å². The Bertz CT molecular complexity index is 859. The van der Waals surface area contributed by atoms with Crippen LogP contribution in [-0.4, -0.2) is 49.2 Å². The minimum absolute atomic E-state index is 0.0207. The zero-order valence-corrected chi connectivity index (χ0v) is 17.9. The molecule has 29 heavy (non-hydrogen) atoms. The topological polar surface area (TPSA) is 105 Å².